The summed E-state index contributed by atoms with van der Waals surface area (Å²) in [6, 6.07) is 7.77. The zero-order valence-electron chi connectivity index (χ0n) is 22.9. The number of methoxy groups -OCH3 is 1. The molecule has 10 atom stereocenters. The molecule has 234 valence electrons. The van der Waals surface area contributed by atoms with Gasteiger partial charge in [0.2, 0.25) is 6.29 Å². The fraction of sp³-hybridized carbons (Fsp3) is 0.464. The summed E-state index contributed by atoms with van der Waals surface area (Å²) in [7, 11) is 1.38. The summed E-state index contributed by atoms with van der Waals surface area (Å²) in [5.41, 5.74) is -0.414. The summed E-state index contributed by atoms with van der Waals surface area (Å²) in [6.45, 7) is 0.687. The van der Waals surface area contributed by atoms with Gasteiger partial charge in [-0.2, -0.15) is 0 Å². The van der Waals surface area contributed by atoms with Crippen LogP contribution in [-0.2, 0) is 14.2 Å². The molecule has 2 aliphatic rings. The minimum atomic E-state index is -1.77. The smallest absolute Gasteiger partial charge is 0.229 e. The van der Waals surface area contributed by atoms with E-state index in [-0.39, 0.29) is 34.0 Å². The number of aromatic hydroxyl groups is 2. The van der Waals surface area contributed by atoms with Crippen molar-refractivity contribution in [3.63, 3.8) is 0 Å². The number of benzene rings is 2. The summed E-state index contributed by atoms with van der Waals surface area (Å²) in [6.07, 6.45) is -15.4. The van der Waals surface area contributed by atoms with Gasteiger partial charge in [0, 0.05) is 23.8 Å². The Bertz CT molecular complexity index is 1510. The molecule has 15 heteroatoms. The molecule has 5 rings (SSSR count). The van der Waals surface area contributed by atoms with Gasteiger partial charge in [0.1, 0.15) is 64.9 Å². The van der Waals surface area contributed by atoms with E-state index in [1.807, 2.05) is 0 Å². The number of aliphatic hydroxyl groups is 6. The molecular formula is C28H32O15. The lowest BCUT2D eigenvalue weighted by molar-refractivity contribution is -0.354. The highest BCUT2D eigenvalue weighted by Gasteiger charge is 2.50. The molecule has 2 aliphatic heterocycles. The van der Waals surface area contributed by atoms with Crippen molar-refractivity contribution in [3.8, 4) is 34.3 Å². The van der Waals surface area contributed by atoms with Crippen molar-refractivity contribution >= 4 is 11.0 Å². The first-order valence-corrected chi connectivity index (χ1v) is 13.3. The van der Waals surface area contributed by atoms with Gasteiger partial charge in [-0.1, -0.05) is 0 Å². The van der Waals surface area contributed by atoms with E-state index in [9.17, 15) is 45.6 Å². The van der Waals surface area contributed by atoms with E-state index in [2.05, 4.69) is 0 Å². The number of hydrogen-bond donors (Lipinski definition) is 8. The van der Waals surface area contributed by atoms with Gasteiger partial charge in [-0.05, 0) is 25.1 Å². The van der Waals surface area contributed by atoms with Crippen molar-refractivity contribution in [2.45, 2.75) is 68.3 Å². The van der Waals surface area contributed by atoms with Gasteiger partial charge in [-0.3, -0.25) is 4.79 Å². The number of fused-ring (bicyclic) bond motifs is 1. The number of phenolic OH excluding ortho intramolecular Hbond substituents is 2. The molecule has 0 saturated carbocycles. The molecule has 0 radical (unpaired) electrons. The summed E-state index contributed by atoms with van der Waals surface area (Å²) in [5.74, 6) is -0.653. The Hall–Kier alpha value is -3.51. The molecule has 2 aromatic carbocycles. The topological polar surface area (TPSA) is 238 Å². The average molecular weight is 609 g/mol. The number of ether oxygens (including phenoxy) is 5. The van der Waals surface area contributed by atoms with Crippen LogP contribution >= 0.6 is 0 Å². The molecule has 2 fully saturated rings. The van der Waals surface area contributed by atoms with Crippen LogP contribution in [0.5, 0.6) is 23.0 Å². The van der Waals surface area contributed by atoms with E-state index in [4.69, 9.17) is 28.1 Å². The van der Waals surface area contributed by atoms with Crippen molar-refractivity contribution in [1.82, 2.24) is 0 Å². The van der Waals surface area contributed by atoms with Crippen LogP contribution in [-0.4, -0.2) is 116 Å². The molecule has 15 nitrogen and oxygen atoms in total. The average Bonchev–Trinajstić information content (AvgIpc) is 2.97. The fourth-order valence-electron chi connectivity index (χ4n) is 5.01. The molecule has 0 unspecified atom stereocenters. The molecule has 8 N–H and O–H groups in total. The van der Waals surface area contributed by atoms with E-state index >= 15 is 0 Å². The van der Waals surface area contributed by atoms with Crippen molar-refractivity contribution in [1.29, 1.82) is 0 Å². The Kier molecular flexibility index (Phi) is 8.80. The Morgan fingerprint density at radius 2 is 1.58 bits per heavy atom. The highest BCUT2D eigenvalue weighted by molar-refractivity contribution is 5.86. The summed E-state index contributed by atoms with van der Waals surface area (Å²) in [4.78, 5) is 12.9. The van der Waals surface area contributed by atoms with Gasteiger partial charge in [0.25, 0.3) is 0 Å². The molecule has 0 aliphatic carbocycles. The van der Waals surface area contributed by atoms with Gasteiger partial charge in [0.15, 0.2) is 29.3 Å². The number of hydrogen-bond acceptors (Lipinski definition) is 15. The zero-order chi connectivity index (χ0) is 31.2. The standard InChI is InChI=1S/C28H32O15/c1-10-21(33)23(35)25(37)27(39-10)43-26-24(36)22(34)19(9-29)42-28(26)40-12-6-14(31)20-15(32)8-17(41-18(20)7-12)11-3-4-16(38-2)13(30)5-11/h3-8,10,19,21-31,33-37H,9H2,1-2H3/t10-,19+,21-,22+,23+,24-,25+,26+,27-,28-/m0/s1. The van der Waals surface area contributed by atoms with Crippen LogP contribution in [0.1, 0.15) is 6.92 Å². The van der Waals surface area contributed by atoms with Crippen LogP contribution in [0.25, 0.3) is 22.3 Å². The van der Waals surface area contributed by atoms with Gasteiger partial charge in [0.05, 0.1) is 19.8 Å². The van der Waals surface area contributed by atoms with Crippen molar-refractivity contribution in [2.24, 2.45) is 0 Å². The van der Waals surface area contributed by atoms with Crippen molar-refractivity contribution < 1.29 is 69.0 Å². The predicted octanol–water partition coefficient (Wildman–Crippen LogP) is -1.09. The monoisotopic (exact) mass is 608 g/mol. The Labute approximate surface area is 243 Å². The number of aliphatic hydroxyl groups excluding tert-OH is 6. The van der Waals surface area contributed by atoms with E-state index in [1.165, 1.54) is 32.2 Å². The number of rotatable bonds is 7. The molecule has 3 heterocycles. The lowest BCUT2D eigenvalue weighted by Crippen LogP contribution is -2.64. The van der Waals surface area contributed by atoms with Gasteiger partial charge in [-0.25, -0.2) is 0 Å². The highest BCUT2D eigenvalue weighted by atomic mass is 16.8. The molecule has 0 amide bonds. The Balaban J connectivity index is 1.48. The van der Waals surface area contributed by atoms with Crippen LogP contribution in [0.4, 0.5) is 0 Å². The minimum absolute atomic E-state index is 0.0410. The second-order valence-electron chi connectivity index (χ2n) is 10.3. The van der Waals surface area contributed by atoms with Crippen LogP contribution in [0.3, 0.4) is 0 Å². The molecule has 2 saturated heterocycles. The first-order chi connectivity index (χ1) is 20.4. The normalized spacial score (nSPS) is 32.9. The minimum Gasteiger partial charge on any atom is -0.507 e. The van der Waals surface area contributed by atoms with E-state index in [0.717, 1.165) is 12.1 Å². The largest absolute Gasteiger partial charge is 0.507 e. The maximum absolute atomic E-state index is 12.9. The lowest BCUT2D eigenvalue weighted by atomic mass is 9.97. The second kappa shape index (κ2) is 12.2. The molecular weight excluding hydrogens is 576 g/mol. The first-order valence-electron chi connectivity index (χ1n) is 13.3. The van der Waals surface area contributed by atoms with Crippen LogP contribution < -0.4 is 14.9 Å². The Morgan fingerprint density at radius 3 is 2.26 bits per heavy atom. The third kappa shape index (κ3) is 5.86. The van der Waals surface area contributed by atoms with Crippen LogP contribution in [0.15, 0.2) is 45.6 Å². The second-order valence-corrected chi connectivity index (χ2v) is 10.3. The first kappa shape index (κ1) is 30.9. The highest BCUT2D eigenvalue weighted by Crippen LogP contribution is 2.36. The predicted molar refractivity (Wildman–Crippen MR) is 143 cm³/mol. The van der Waals surface area contributed by atoms with Gasteiger partial charge < -0.3 is 69.0 Å². The van der Waals surface area contributed by atoms with Crippen molar-refractivity contribution in [3.05, 3.63) is 46.6 Å². The lowest BCUT2D eigenvalue weighted by Gasteiger charge is -2.45. The molecule has 0 spiro atoms. The maximum atomic E-state index is 12.9. The summed E-state index contributed by atoms with van der Waals surface area (Å²) in [5, 5.41) is 82.2. The van der Waals surface area contributed by atoms with Crippen LogP contribution in [0.2, 0.25) is 0 Å². The van der Waals surface area contributed by atoms with Crippen molar-refractivity contribution in [2.75, 3.05) is 13.7 Å². The van der Waals surface area contributed by atoms with E-state index in [0.29, 0.717) is 5.56 Å². The van der Waals surface area contributed by atoms with Gasteiger partial charge in [-0.15, -0.1) is 0 Å². The molecule has 1 aromatic heterocycles. The molecule has 3 aromatic rings. The quantitative estimate of drug-likeness (QED) is 0.159. The summed E-state index contributed by atoms with van der Waals surface area (Å²) >= 11 is 0. The van der Waals surface area contributed by atoms with Gasteiger partial charge >= 0.3 is 0 Å². The third-order valence-electron chi connectivity index (χ3n) is 7.42. The summed E-state index contributed by atoms with van der Waals surface area (Å²) < 4.78 is 33.5. The number of phenols is 2. The zero-order valence-corrected chi connectivity index (χ0v) is 22.9. The SMILES string of the molecule is COc1ccc(-c2cc(=O)c3c(O)cc(O[C@H]4O[C@H](CO)[C@@H](O)[C@H](O)[C@H]4O[C@@H]4O[C@@H](C)[C@H](O)[C@@H](O)[C@H]4O)cc3o2)cc1O. The van der Waals surface area contributed by atoms with E-state index in [1.54, 1.807) is 6.07 Å². The maximum Gasteiger partial charge on any atom is 0.229 e. The molecule has 43 heavy (non-hydrogen) atoms. The third-order valence-corrected chi connectivity index (χ3v) is 7.42. The fourth-order valence-corrected chi connectivity index (χ4v) is 5.01. The Morgan fingerprint density at radius 1 is 0.837 bits per heavy atom. The van der Waals surface area contributed by atoms with Crippen LogP contribution in [0, 0.1) is 0 Å². The molecule has 0 bridgehead atoms. The van der Waals surface area contributed by atoms with E-state index < -0.39 is 79.2 Å².